The van der Waals surface area contributed by atoms with Gasteiger partial charge in [-0.2, -0.15) is 18.2 Å². The summed E-state index contributed by atoms with van der Waals surface area (Å²) in [7, 11) is 0. The van der Waals surface area contributed by atoms with E-state index in [1.165, 1.54) is 42.6 Å². The average molecular weight is 541 g/mol. The number of aromatic carboxylic acids is 1. The first kappa shape index (κ1) is 27.1. The number of halogens is 3. The Labute approximate surface area is 219 Å². The summed E-state index contributed by atoms with van der Waals surface area (Å²) in [5, 5.41) is 15.0. The predicted molar refractivity (Wildman–Crippen MR) is 137 cm³/mol. The highest BCUT2D eigenvalue weighted by Gasteiger charge is 2.30. The molecule has 3 N–H and O–H groups in total. The zero-order valence-electron chi connectivity index (χ0n) is 20.8. The van der Waals surface area contributed by atoms with Crippen LogP contribution in [0.25, 0.3) is 16.7 Å². The Morgan fingerprint density at radius 1 is 1.00 bits per heavy atom. The van der Waals surface area contributed by atoms with Crippen molar-refractivity contribution in [1.29, 1.82) is 0 Å². The Balaban J connectivity index is 1.81. The van der Waals surface area contributed by atoms with E-state index in [1.807, 2.05) is 0 Å². The molecule has 0 aliphatic carbocycles. The molecule has 0 radical (unpaired) electrons. The van der Waals surface area contributed by atoms with Crippen molar-refractivity contribution < 1.29 is 32.6 Å². The van der Waals surface area contributed by atoms with Crippen molar-refractivity contribution >= 4 is 40.4 Å². The lowest BCUT2D eigenvalue weighted by atomic mass is 10.2. The van der Waals surface area contributed by atoms with Gasteiger partial charge in [0.25, 0.3) is 5.56 Å². The Morgan fingerprint density at radius 3 is 2.36 bits per heavy atom. The van der Waals surface area contributed by atoms with Crippen LogP contribution in [0.3, 0.4) is 0 Å². The minimum Gasteiger partial charge on any atom is -0.477 e. The number of anilines is 3. The third-order valence-corrected chi connectivity index (χ3v) is 5.17. The van der Waals surface area contributed by atoms with Gasteiger partial charge in [0.2, 0.25) is 5.95 Å². The van der Waals surface area contributed by atoms with Crippen molar-refractivity contribution in [2.75, 3.05) is 10.6 Å². The highest BCUT2D eigenvalue weighted by molar-refractivity contribution is 5.92. The van der Waals surface area contributed by atoms with Crippen molar-refractivity contribution in [3.8, 4) is 5.69 Å². The van der Waals surface area contributed by atoms with Crippen molar-refractivity contribution in [2.45, 2.75) is 32.5 Å². The molecule has 0 saturated carbocycles. The number of fused-ring (bicyclic) bond motifs is 1. The van der Waals surface area contributed by atoms with Gasteiger partial charge in [-0.05, 0) is 63.2 Å². The lowest BCUT2D eigenvalue weighted by molar-refractivity contribution is -0.137. The minimum absolute atomic E-state index is 0.0242. The average Bonchev–Trinajstić information content (AvgIpc) is 2.82. The van der Waals surface area contributed by atoms with Gasteiger partial charge in [-0.3, -0.25) is 14.7 Å². The van der Waals surface area contributed by atoms with Crippen LogP contribution in [0.1, 0.15) is 36.7 Å². The van der Waals surface area contributed by atoms with E-state index in [0.29, 0.717) is 0 Å². The fourth-order valence-corrected chi connectivity index (χ4v) is 3.60. The molecule has 202 valence electrons. The van der Waals surface area contributed by atoms with E-state index in [2.05, 4.69) is 20.6 Å². The van der Waals surface area contributed by atoms with Crippen LogP contribution in [0, 0.1) is 0 Å². The lowest BCUT2D eigenvalue weighted by Gasteiger charge is -2.20. The Morgan fingerprint density at radius 2 is 1.69 bits per heavy atom. The summed E-state index contributed by atoms with van der Waals surface area (Å²) in [6.07, 6.45) is -4.07. The number of benzene rings is 2. The molecule has 0 unspecified atom stereocenters. The second-order valence-electron chi connectivity index (χ2n) is 9.36. The van der Waals surface area contributed by atoms with Gasteiger partial charge in [-0.15, -0.1) is 0 Å². The van der Waals surface area contributed by atoms with Crippen LogP contribution in [0.5, 0.6) is 0 Å². The van der Waals surface area contributed by atoms with E-state index in [0.717, 1.165) is 22.8 Å². The van der Waals surface area contributed by atoms with Crippen LogP contribution in [-0.4, -0.2) is 37.3 Å². The molecule has 0 fully saturated rings. The number of carboxylic acids is 1. The minimum atomic E-state index is -4.56. The van der Waals surface area contributed by atoms with E-state index in [-0.39, 0.29) is 34.0 Å². The van der Waals surface area contributed by atoms with Gasteiger partial charge in [-0.25, -0.2) is 14.6 Å². The number of alkyl halides is 3. The Kier molecular flexibility index (Phi) is 7.01. The molecule has 2 heterocycles. The molecule has 0 saturated heterocycles. The third-order valence-electron chi connectivity index (χ3n) is 5.17. The molecule has 39 heavy (non-hydrogen) atoms. The number of pyridine rings is 1. The Hall–Kier alpha value is -4.94. The fraction of sp³-hybridized carbons (Fsp3) is 0.192. The van der Waals surface area contributed by atoms with Gasteiger partial charge in [0.05, 0.1) is 11.3 Å². The number of carbonyl (C=O) groups excluding carboxylic acids is 1. The number of rotatable bonds is 5. The largest absolute Gasteiger partial charge is 0.477 e. The number of hydrogen-bond donors (Lipinski definition) is 3. The summed E-state index contributed by atoms with van der Waals surface area (Å²) in [6, 6.07) is 11.5. The predicted octanol–water partition coefficient (Wildman–Crippen LogP) is 5.59. The van der Waals surface area contributed by atoms with Gasteiger partial charge in [-0.1, -0.05) is 12.1 Å². The highest BCUT2D eigenvalue weighted by Crippen LogP contribution is 2.31. The topological polar surface area (TPSA) is 135 Å². The number of carbonyl (C=O) groups is 2. The van der Waals surface area contributed by atoms with Crippen LogP contribution in [0.2, 0.25) is 0 Å². The van der Waals surface area contributed by atoms with Gasteiger partial charge >= 0.3 is 18.2 Å². The summed E-state index contributed by atoms with van der Waals surface area (Å²) in [4.78, 5) is 45.6. The quantitative estimate of drug-likeness (QED) is 0.298. The van der Waals surface area contributed by atoms with Crippen LogP contribution >= 0.6 is 0 Å². The molecule has 0 bridgehead atoms. The van der Waals surface area contributed by atoms with Crippen molar-refractivity contribution in [3.05, 3.63) is 82.3 Å². The summed E-state index contributed by atoms with van der Waals surface area (Å²) < 4.78 is 45.6. The normalized spacial score (nSPS) is 11.7. The zero-order valence-corrected chi connectivity index (χ0v) is 20.8. The molecule has 0 aliphatic rings. The maximum atomic E-state index is 13.2. The van der Waals surface area contributed by atoms with Crippen LogP contribution < -0.4 is 16.2 Å². The molecule has 10 nitrogen and oxygen atoms in total. The van der Waals surface area contributed by atoms with E-state index >= 15 is 0 Å². The molecule has 13 heteroatoms. The standard InChI is InChI=1S/C26H22F3N5O5/c1-25(2,3)39-24(38)32-17-8-5-9-18(12-17)34-20-14(10-19(21(34)35)22(36)37)13-30-23(33-20)31-16-7-4-6-15(11-16)26(27,28)29/h4-13H,1-3H3,(H,32,38)(H,36,37)(H,30,31,33). The van der Waals surface area contributed by atoms with E-state index in [9.17, 15) is 32.7 Å². The monoisotopic (exact) mass is 541 g/mol. The first-order valence-corrected chi connectivity index (χ1v) is 11.4. The first-order chi connectivity index (χ1) is 18.2. The SMILES string of the molecule is CC(C)(C)OC(=O)Nc1cccc(-n2c(=O)c(C(=O)O)cc3cnc(Nc4cccc(C(F)(F)F)c4)nc32)c1. The number of nitrogens with zero attached hydrogens (tertiary/aromatic N) is 3. The number of amides is 1. The zero-order chi connectivity index (χ0) is 28.5. The third kappa shape index (κ3) is 6.32. The Bertz CT molecular complexity index is 1640. The maximum absolute atomic E-state index is 13.2. The van der Waals surface area contributed by atoms with Crippen LogP contribution in [-0.2, 0) is 10.9 Å². The summed E-state index contributed by atoms with van der Waals surface area (Å²) in [5.74, 6) is -1.62. The molecule has 0 aliphatic heterocycles. The molecule has 0 atom stereocenters. The molecular formula is C26H22F3N5O5. The number of hydrogen-bond acceptors (Lipinski definition) is 7. The number of ether oxygens (including phenoxy) is 1. The van der Waals surface area contributed by atoms with E-state index in [4.69, 9.17) is 4.74 Å². The van der Waals surface area contributed by atoms with Crippen LogP contribution in [0.4, 0.5) is 35.3 Å². The number of carboxylic acid groups (broad SMARTS) is 1. The molecule has 4 rings (SSSR count). The summed E-state index contributed by atoms with van der Waals surface area (Å²) in [6.45, 7) is 5.07. The maximum Gasteiger partial charge on any atom is 0.416 e. The second-order valence-corrected chi connectivity index (χ2v) is 9.36. The van der Waals surface area contributed by atoms with Crippen molar-refractivity contribution in [2.24, 2.45) is 0 Å². The van der Waals surface area contributed by atoms with Gasteiger partial charge < -0.3 is 15.2 Å². The molecule has 2 aromatic carbocycles. The molecular weight excluding hydrogens is 519 g/mol. The summed E-state index contributed by atoms with van der Waals surface area (Å²) >= 11 is 0. The first-order valence-electron chi connectivity index (χ1n) is 11.4. The van der Waals surface area contributed by atoms with Gasteiger partial charge in [0.1, 0.15) is 11.2 Å². The van der Waals surface area contributed by atoms with Crippen LogP contribution in [0.15, 0.2) is 65.6 Å². The second kappa shape index (κ2) is 10.1. The van der Waals surface area contributed by atoms with Gasteiger partial charge in [0.15, 0.2) is 5.65 Å². The number of nitrogens with one attached hydrogen (secondary N) is 2. The van der Waals surface area contributed by atoms with Crippen molar-refractivity contribution in [3.63, 3.8) is 0 Å². The fourth-order valence-electron chi connectivity index (χ4n) is 3.60. The molecule has 4 aromatic rings. The van der Waals surface area contributed by atoms with E-state index in [1.54, 1.807) is 20.8 Å². The lowest BCUT2D eigenvalue weighted by Crippen LogP contribution is -2.28. The van der Waals surface area contributed by atoms with Gasteiger partial charge in [0, 0.05) is 23.0 Å². The van der Waals surface area contributed by atoms with Crippen molar-refractivity contribution in [1.82, 2.24) is 14.5 Å². The molecule has 1 amide bonds. The summed E-state index contributed by atoms with van der Waals surface area (Å²) in [5.41, 5.74) is -2.70. The number of aromatic nitrogens is 3. The molecule has 2 aromatic heterocycles. The smallest absolute Gasteiger partial charge is 0.416 e. The molecule has 0 spiro atoms. The van der Waals surface area contributed by atoms with E-state index < -0.39 is 40.5 Å². The highest BCUT2D eigenvalue weighted by atomic mass is 19.4.